The first-order chi connectivity index (χ1) is 33.7. The number of piperidine rings is 2. The monoisotopic (exact) mass is 959 g/mol. The van der Waals surface area contributed by atoms with Gasteiger partial charge in [-0.25, -0.2) is 4.39 Å². The second-order valence-electron chi connectivity index (χ2n) is 18.9. The Morgan fingerprint density at radius 3 is 2.33 bits per heavy atom. The number of halogens is 4. The average molecular weight is 960 g/mol. The zero-order valence-corrected chi connectivity index (χ0v) is 39.1. The van der Waals surface area contributed by atoms with Crippen molar-refractivity contribution in [2.75, 3.05) is 49.5 Å². The highest BCUT2D eigenvalue weighted by Gasteiger charge is 2.35. The number of alkyl halides is 3. The molecule has 5 heterocycles. The number of amides is 3. The van der Waals surface area contributed by atoms with E-state index < -0.39 is 29.7 Å². The van der Waals surface area contributed by atoms with Crippen molar-refractivity contribution in [3.8, 4) is 11.1 Å². The normalized spacial score (nSPS) is 19.9. The van der Waals surface area contributed by atoms with Gasteiger partial charge in [-0.15, -0.1) is 0 Å². The number of nitrogens with one attached hydrogen (secondary N) is 4. The van der Waals surface area contributed by atoms with Crippen LogP contribution in [0.3, 0.4) is 0 Å². The van der Waals surface area contributed by atoms with Crippen LogP contribution >= 0.6 is 0 Å². The van der Waals surface area contributed by atoms with E-state index in [1.165, 1.54) is 18.2 Å². The molecule has 6 aromatic rings. The van der Waals surface area contributed by atoms with Crippen molar-refractivity contribution in [2.24, 2.45) is 5.92 Å². The minimum Gasteiger partial charge on any atom is -0.374 e. The molecule has 0 saturated carbocycles. The summed E-state index contributed by atoms with van der Waals surface area (Å²) in [4.78, 5) is 61.2. The largest absolute Gasteiger partial charge is 0.416 e. The third-order valence-corrected chi connectivity index (χ3v) is 14.1. The smallest absolute Gasteiger partial charge is 0.374 e. The zero-order chi connectivity index (χ0) is 49.1. The van der Waals surface area contributed by atoms with E-state index in [0.717, 1.165) is 64.7 Å². The van der Waals surface area contributed by atoms with Crippen LogP contribution in [-0.4, -0.2) is 105 Å². The molecule has 0 bridgehead atoms. The van der Waals surface area contributed by atoms with Gasteiger partial charge in [0, 0.05) is 97.9 Å². The molecular formula is C53H57F4N9O4. The molecule has 3 aliphatic heterocycles. The van der Waals surface area contributed by atoms with Crippen LogP contribution in [0.4, 0.5) is 28.9 Å². The molecule has 70 heavy (non-hydrogen) atoms. The van der Waals surface area contributed by atoms with Gasteiger partial charge in [0.1, 0.15) is 18.4 Å². The van der Waals surface area contributed by atoms with Gasteiger partial charge in [-0.2, -0.15) is 18.3 Å². The van der Waals surface area contributed by atoms with E-state index in [0.29, 0.717) is 68.4 Å². The number of H-pyrrole nitrogens is 1. The molecule has 3 amide bonds. The quantitative estimate of drug-likeness (QED) is 0.0457. The molecule has 2 aromatic heterocycles. The van der Waals surface area contributed by atoms with Gasteiger partial charge in [-0.05, 0) is 98.5 Å². The number of hydrogen-bond acceptors (Lipinski definition) is 9. The van der Waals surface area contributed by atoms with Crippen LogP contribution in [0.5, 0.6) is 0 Å². The number of hydrogen-bond donors (Lipinski definition) is 4. The number of benzene rings is 4. The third-order valence-electron chi connectivity index (χ3n) is 14.1. The number of aromatic amines is 1. The highest BCUT2D eigenvalue weighted by atomic mass is 19.4. The van der Waals surface area contributed by atoms with Crippen LogP contribution < -0.4 is 20.9 Å². The fourth-order valence-electron chi connectivity index (χ4n) is 10.2. The van der Waals surface area contributed by atoms with Gasteiger partial charge in [-0.3, -0.25) is 34.1 Å². The van der Waals surface area contributed by atoms with E-state index in [4.69, 9.17) is 0 Å². The molecule has 9 rings (SSSR count). The second-order valence-corrected chi connectivity index (χ2v) is 18.9. The second kappa shape index (κ2) is 20.6. The number of aromatic nitrogens is 3. The Morgan fingerprint density at radius 1 is 0.886 bits per heavy atom. The highest BCUT2D eigenvalue weighted by molar-refractivity contribution is 6.11. The van der Waals surface area contributed by atoms with Gasteiger partial charge in [0.2, 0.25) is 17.7 Å². The molecule has 3 saturated heterocycles. The highest BCUT2D eigenvalue weighted by Crippen LogP contribution is 2.33. The van der Waals surface area contributed by atoms with Crippen molar-refractivity contribution in [1.29, 1.82) is 0 Å². The summed E-state index contributed by atoms with van der Waals surface area (Å²) in [5.41, 5.74) is 4.78. The lowest BCUT2D eigenvalue weighted by Gasteiger charge is -2.47. The summed E-state index contributed by atoms with van der Waals surface area (Å²) in [6, 6.07) is 24.2. The van der Waals surface area contributed by atoms with Crippen LogP contribution in [0.1, 0.15) is 72.6 Å². The molecule has 2 unspecified atom stereocenters. The number of carbonyl (C=O) groups excluding carboxylic acids is 4. The van der Waals surface area contributed by atoms with Crippen molar-refractivity contribution >= 4 is 45.8 Å². The Morgan fingerprint density at radius 2 is 1.63 bits per heavy atom. The Balaban J connectivity index is 0.756. The molecule has 17 heteroatoms. The minimum atomic E-state index is -4.40. The zero-order valence-electron chi connectivity index (χ0n) is 39.1. The molecule has 0 spiro atoms. The number of ketones is 1. The Bertz CT molecular complexity index is 2830. The number of likely N-dealkylation sites (tertiary alicyclic amines) is 1. The van der Waals surface area contributed by atoms with E-state index in [1.54, 1.807) is 29.2 Å². The van der Waals surface area contributed by atoms with Crippen molar-refractivity contribution < 1.29 is 36.7 Å². The van der Waals surface area contributed by atoms with E-state index in [2.05, 4.69) is 49.7 Å². The van der Waals surface area contributed by atoms with Gasteiger partial charge in [-0.1, -0.05) is 54.6 Å². The van der Waals surface area contributed by atoms with E-state index in [9.17, 15) is 32.3 Å². The first-order valence-electron chi connectivity index (χ1n) is 24.0. The lowest BCUT2D eigenvalue weighted by Crippen LogP contribution is -2.58. The molecule has 13 nitrogen and oxygen atoms in total. The number of Topliss-reactive ketones (excluding diaryl/α,β-unsaturated/α-hetero) is 1. The van der Waals surface area contributed by atoms with E-state index in [-0.39, 0.29) is 48.5 Å². The number of imide groups is 1. The first-order valence-corrected chi connectivity index (χ1v) is 24.0. The number of anilines is 2. The molecule has 0 aliphatic carbocycles. The third kappa shape index (κ3) is 10.9. The van der Waals surface area contributed by atoms with Gasteiger partial charge >= 0.3 is 6.18 Å². The molecule has 3 fully saturated rings. The molecule has 4 atom stereocenters. The maximum absolute atomic E-state index is 15.5. The molecular weight excluding hydrogens is 903 g/mol. The van der Waals surface area contributed by atoms with Crippen molar-refractivity contribution in [2.45, 2.75) is 82.8 Å². The molecule has 4 N–H and O–H groups in total. The lowest BCUT2D eigenvalue weighted by molar-refractivity contribution is -0.138. The number of piperazine rings is 1. The molecule has 4 aromatic carbocycles. The summed E-state index contributed by atoms with van der Waals surface area (Å²) in [6.07, 6.45) is 3.69. The number of rotatable bonds is 15. The fraction of sp³-hybridized carbons (Fsp3) is 0.377. The summed E-state index contributed by atoms with van der Waals surface area (Å²) in [7, 11) is 0. The summed E-state index contributed by atoms with van der Waals surface area (Å²) >= 11 is 0. The molecule has 3 aliphatic rings. The number of carbonyl (C=O) groups is 4. The molecule has 366 valence electrons. The van der Waals surface area contributed by atoms with Crippen LogP contribution in [0.25, 0.3) is 22.0 Å². The predicted molar refractivity (Wildman–Crippen MR) is 260 cm³/mol. The summed E-state index contributed by atoms with van der Waals surface area (Å²) < 4.78 is 56.4. The predicted octanol–water partition coefficient (Wildman–Crippen LogP) is 8.00. The maximum atomic E-state index is 15.5. The van der Waals surface area contributed by atoms with Crippen molar-refractivity contribution in [3.63, 3.8) is 0 Å². The van der Waals surface area contributed by atoms with Crippen LogP contribution in [0, 0.1) is 11.7 Å². The SMILES string of the molecule is C[C@@H]1CN(c2ccc(NC3CCC(=O)NC3=O)cc2F)C[C@H](C)N1CC1CCN(C(=O)Cn2cc(-c3ccc4c(C(=O)C(NCCc5ccc(C(F)(F)F)cc5)c5ccccc5)c[nH]c4c3)cn2)CC1. The van der Waals surface area contributed by atoms with E-state index >= 15 is 4.39 Å². The van der Waals surface area contributed by atoms with Gasteiger partial charge in [0.05, 0.1) is 23.5 Å². The Hall–Kier alpha value is -6.85. The van der Waals surface area contributed by atoms with Gasteiger partial charge < -0.3 is 25.4 Å². The van der Waals surface area contributed by atoms with Crippen molar-refractivity contribution in [1.82, 2.24) is 35.2 Å². The van der Waals surface area contributed by atoms with Crippen molar-refractivity contribution in [3.05, 3.63) is 138 Å². The minimum absolute atomic E-state index is 0.00715. The summed E-state index contributed by atoms with van der Waals surface area (Å²) in [6.45, 7) is 8.38. The van der Waals surface area contributed by atoms with E-state index in [1.807, 2.05) is 59.6 Å². The summed E-state index contributed by atoms with van der Waals surface area (Å²) in [5.74, 6) is -0.774. The van der Waals surface area contributed by atoms with Gasteiger partial charge in [0.15, 0.2) is 5.78 Å². The number of nitrogens with zero attached hydrogens (tertiary/aromatic N) is 5. The van der Waals surface area contributed by atoms with Crippen LogP contribution in [0.15, 0.2) is 110 Å². The summed E-state index contributed by atoms with van der Waals surface area (Å²) in [5, 5.41) is 14.0. The number of fused-ring (bicyclic) bond motifs is 1. The maximum Gasteiger partial charge on any atom is 0.416 e. The Labute approximate surface area is 403 Å². The topological polar surface area (TPSA) is 148 Å². The van der Waals surface area contributed by atoms with Crippen LogP contribution in [0.2, 0.25) is 0 Å². The lowest BCUT2D eigenvalue weighted by atomic mass is 9.94. The van der Waals surface area contributed by atoms with Gasteiger partial charge in [0.25, 0.3) is 0 Å². The fourth-order valence-corrected chi connectivity index (χ4v) is 10.2. The first kappa shape index (κ1) is 48.2. The average Bonchev–Trinajstić information content (AvgIpc) is 4.00. The molecule has 0 radical (unpaired) electrons. The van der Waals surface area contributed by atoms with Crippen LogP contribution in [-0.2, 0) is 33.5 Å². The standard InChI is InChI=1S/C53H57F4N9O4/c1-33-28-64(47-16-13-41(25-44(47)54)61-45-15-17-48(67)62-52(45)70)29-34(2)66(33)30-36-19-22-63(23-20-36)49(68)32-65-31-39(26-60-65)38-10-14-42-43(27-59-46(42)24-38)51(69)50(37-6-4-3-5-7-37)58-21-18-35-8-11-40(12-9-35)53(55,56)57/h3-14,16,24-27,31,33-34,36,45,50,58-59,61H,15,17-23,28-30,32H2,1-2H3,(H,62,67,70)/t33-,34+,45?,50?. The Kier molecular flexibility index (Phi) is 14.2.